The minimum Gasteiger partial charge on any atom is -0.315 e. The maximum atomic E-state index is 4.02. The highest BCUT2D eigenvalue weighted by molar-refractivity contribution is 7.58. The van der Waals surface area contributed by atoms with Crippen molar-refractivity contribution >= 4 is 80.0 Å². The van der Waals surface area contributed by atoms with E-state index in [2.05, 4.69) is 250 Å². The van der Waals surface area contributed by atoms with Crippen LogP contribution < -0.4 is 0 Å². The summed E-state index contributed by atoms with van der Waals surface area (Å²) in [6.07, 6.45) is 0. The molecule has 0 saturated heterocycles. The normalized spacial score (nSPS) is 15.3. The van der Waals surface area contributed by atoms with E-state index < -0.39 is 46.9 Å². The number of aromatic nitrogens is 12. The van der Waals surface area contributed by atoms with E-state index in [9.17, 15) is 0 Å². The number of aromatic amines is 6. The zero-order valence-corrected chi connectivity index (χ0v) is 44.7. The van der Waals surface area contributed by atoms with Crippen LogP contribution in [-0.4, -0.2) is 53.0 Å². The van der Waals surface area contributed by atoms with Crippen molar-refractivity contribution < 1.29 is 0 Å². The van der Waals surface area contributed by atoms with Gasteiger partial charge in [-0.15, -0.1) is 0 Å². The van der Waals surface area contributed by atoms with Crippen molar-refractivity contribution in [2.75, 3.05) is 0 Å². The molecule has 22 aromatic rings. The molecule has 0 amide bonds. The molecule has 18 heteroatoms. The second-order valence-electron chi connectivity index (χ2n) is 21.9. The van der Waals surface area contributed by atoms with Gasteiger partial charge in [-0.05, 0) is 197 Å². The Morgan fingerprint density at radius 3 is 0.417 bits per heavy atom. The standard InChI is InChI=1S/C42H72N12P6/c1-37(2,3)49-55-43-31-19-23-33(24-20-31)45-57-51(39(7,8)9)59(52(57)40(10,11)12)47-35-27-29-36(30-28-35)48-60-53(41(13,14)15)58(54(60)42(16,17)18)46-34-25-21-32(22-26-34)44-56(49)50(55)38(4,5)6/h19-30,43-48H,1-18H3. The molecule has 0 aliphatic rings. The molecule has 0 aliphatic heterocycles. The summed E-state index contributed by atoms with van der Waals surface area (Å²) in [5.74, 6) is 0. The number of hydrogen-bond donors (Lipinski definition) is 6. The number of nitrogens with one attached hydrogen (secondary N) is 6. The van der Waals surface area contributed by atoms with Crippen molar-refractivity contribution in [1.29, 1.82) is 0 Å². The van der Waals surface area contributed by atoms with Crippen LogP contribution in [0.25, 0.3) is 33.1 Å². The molecule has 0 radical (unpaired) electrons. The van der Waals surface area contributed by atoms with Crippen LogP contribution in [0.5, 0.6) is 0 Å². The molecule has 60 heavy (non-hydrogen) atoms. The lowest BCUT2D eigenvalue weighted by Gasteiger charge is -2.38. The molecule has 0 spiro atoms. The lowest BCUT2D eigenvalue weighted by atomic mass is 10.1. The van der Waals surface area contributed by atoms with E-state index >= 15 is 0 Å². The Labute approximate surface area is 362 Å². The van der Waals surface area contributed by atoms with Gasteiger partial charge >= 0.3 is 0 Å². The molecule has 0 fully saturated rings. The van der Waals surface area contributed by atoms with Crippen LogP contribution in [0.3, 0.4) is 0 Å². The van der Waals surface area contributed by atoms with Crippen molar-refractivity contribution in [2.45, 2.75) is 158 Å². The first kappa shape index (κ1) is 45.1. The number of benzene rings is 3. The monoisotopic (exact) mass is 930 g/mol. The highest BCUT2D eigenvalue weighted by Gasteiger charge is 2.32. The first-order chi connectivity index (χ1) is 27.5. The number of rotatable bonds is 0. The third kappa shape index (κ3) is 8.82. The summed E-state index contributed by atoms with van der Waals surface area (Å²) in [4.78, 5) is 0. The maximum Gasteiger partial charge on any atom is 0.144 e. The number of nitrogens with zero attached hydrogens (tertiary/aromatic N) is 6. The van der Waals surface area contributed by atoms with Crippen LogP contribution in [0, 0.1) is 0 Å². The van der Waals surface area contributed by atoms with E-state index in [1.54, 1.807) is 0 Å². The van der Waals surface area contributed by atoms with Gasteiger partial charge in [-0.1, -0.05) is 0 Å². The molecule has 22 rings (SSSR count). The third-order valence-electron chi connectivity index (χ3n) is 9.78. The quantitative estimate of drug-likeness (QED) is 0.0867. The summed E-state index contributed by atoms with van der Waals surface area (Å²) in [6.45, 7) is 42.2. The second-order valence-corrected chi connectivity index (χ2v) is 33.4. The molecule has 19 aromatic heterocycles. The van der Waals surface area contributed by atoms with Gasteiger partial charge in [-0.25, -0.2) is 0 Å². The first-order valence-corrected chi connectivity index (χ1v) is 28.5. The predicted molar refractivity (Wildman–Crippen MR) is 270 cm³/mol. The Balaban J connectivity index is 1.64. The van der Waals surface area contributed by atoms with Crippen molar-refractivity contribution in [2.24, 2.45) is 0 Å². The van der Waals surface area contributed by atoms with Gasteiger partial charge in [-0.3, -0.25) is 24.6 Å². The Morgan fingerprint density at radius 2 is 0.333 bits per heavy atom. The second kappa shape index (κ2) is 15.4. The van der Waals surface area contributed by atoms with Crippen LogP contribution in [-0.2, 0) is 33.2 Å². The van der Waals surface area contributed by atoms with Crippen LogP contribution in [0.2, 0.25) is 0 Å². The van der Waals surface area contributed by atoms with Crippen molar-refractivity contribution in [3.63, 3.8) is 0 Å². The highest BCUT2D eigenvalue weighted by Crippen LogP contribution is 2.51. The van der Waals surface area contributed by atoms with Crippen molar-refractivity contribution in [3.8, 4) is 0 Å². The first-order valence-electron chi connectivity index (χ1n) is 21.0. The van der Waals surface area contributed by atoms with E-state index in [4.69, 9.17) is 0 Å². The fourth-order valence-corrected chi connectivity index (χ4v) is 25.4. The van der Waals surface area contributed by atoms with E-state index in [1.165, 1.54) is 0 Å². The SMILES string of the molecule is CC(C)(C)n1p2[nH]c3ccc(cc3)[nH]p3n(C(C)(C)C)p([nH]c4ccc(cc4)[nH]p4n(C(C)(C)C)p([nH]c5ccc(cc5)[nH]p1n2C(C)(C)C)n4C(C)(C)C)n3C(C)(C)C. The average Bonchev–Trinajstić information content (AvgIpc) is 3.04. The molecule has 0 aliphatic carbocycles. The summed E-state index contributed by atoms with van der Waals surface area (Å²) in [5.41, 5.74) is 6.50. The third-order valence-corrected chi connectivity index (χ3v) is 30.1. The number of hydrogen-bond acceptors (Lipinski definition) is 0. The van der Waals surface area contributed by atoms with Crippen molar-refractivity contribution in [1.82, 2.24) is 53.0 Å². The molecule has 19 heterocycles. The van der Waals surface area contributed by atoms with Gasteiger partial charge in [0, 0.05) is 66.3 Å². The summed E-state index contributed by atoms with van der Waals surface area (Å²) in [5, 5.41) is 0. The largest absolute Gasteiger partial charge is 0.315 e. The fraction of sp³-hybridized carbons (Fsp3) is 0.571. The lowest BCUT2D eigenvalue weighted by Crippen LogP contribution is -2.30. The van der Waals surface area contributed by atoms with Crippen LogP contribution >= 0.6 is 46.9 Å². The number of H-pyrrole nitrogens is 6. The minimum absolute atomic E-state index is 0.0528. The Hall–Kier alpha value is -2.94. The molecule has 0 atom stereocenters. The average molecular weight is 931 g/mol. The summed E-state index contributed by atoms with van der Waals surface area (Å²) in [6, 6.07) is 27.0. The van der Waals surface area contributed by atoms with Gasteiger partial charge in [0.05, 0.1) is 0 Å². The fourth-order valence-electron chi connectivity index (χ4n) is 7.40. The molecule has 6 N–H and O–H groups in total. The summed E-state index contributed by atoms with van der Waals surface area (Å²) >= 11 is 0. The van der Waals surface area contributed by atoms with E-state index in [0.717, 1.165) is 33.1 Å². The molecular formula is C42H72N12P6. The van der Waals surface area contributed by atoms with Crippen LogP contribution in [0.15, 0.2) is 72.8 Å². The van der Waals surface area contributed by atoms with Gasteiger partial charge in [0.2, 0.25) is 0 Å². The summed E-state index contributed by atoms with van der Waals surface area (Å²) < 4.78 is 40.2. The zero-order chi connectivity index (χ0) is 44.1. The van der Waals surface area contributed by atoms with Gasteiger partial charge in [0.15, 0.2) is 0 Å². The van der Waals surface area contributed by atoms with Crippen molar-refractivity contribution in [3.05, 3.63) is 72.8 Å². The van der Waals surface area contributed by atoms with Gasteiger partial charge in [-0.2, -0.15) is 0 Å². The van der Waals surface area contributed by atoms with E-state index in [0.29, 0.717) is 0 Å². The lowest BCUT2D eigenvalue weighted by molar-refractivity contribution is 0.409. The van der Waals surface area contributed by atoms with E-state index in [-0.39, 0.29) is 33.2 Å². The van der Waals surface area contributed by atoms with Crippen LogP contribution in [0.1, 0.15) is 125 Å². The maximum absolute atomic E-state index is 4.02. The van der Waals surface area contributed by atoms with Gasteiger partial charge in [0.25, 0.3) is 0 Å². The molecule has 0 saturated carbocycles. The summed E-state index contributed by atoms with van der Waals surface area (Å²) in [7, 11) is -5.00. The Morgan fingerprint density at radius 1 is 0.233 bits per heavy atom. The molecule has 0 unspecified atom stereocenters. The van der Waals surface area contributed by atoms with Gasteiger partial charge < -0.3 is 28.5 Å². The van der Waals surface area contributed by atoms with Crippen LogP contribution in [0.4, 0.5) is 0 Å². The molecular weight excluding hydrogens is 858 g/mol. The molecule has 12 nitrogen and oxygen atoms in total. The molecule has 330 valence electrons. The zero-order valence-electron chi connectivity index (χ0n) is 39.3. The molecule has 3 aromatic carbocycles. The van der Waals surface area contributed by atoms with E-state index in [1.807, 2.05) is 0 Å². The predicted octanol–water partition coefficient (Wildman–Crippen LogP) is 16.4. The Bertz CT molecular complexity index is 2370. The van der Waals surface area contributed by atoms with Gasteiger partial charge in [0.1, 0.15) is 46.9 Å². The smallest absolute Gasteiger partial charge is 0.144 e. The Kier molecular flexibility index (Phi) is 11.6. The minimum atomic E-state index is -0.833. The highest BCUT2D eigenvalue weighted by atomic mass is 31.2. The topological polar surface area (TPSA) is 124 Å². The molecule has 12 bridgehead atoms.